The summed E-state index contributed by atoms with van der Waals surface area (Å²) in [6.45, 7) is 8.85. The third kappa shape index (κ3) is 4.97. The Kier molecular flexibility index (Phi) is 5.99. The number of aliphatic hydroxyl groups excluding tert-OH is 1. The quantitative estimate of drug-likeness (QED) is 0.874. The molecule has 1 aromatic heterocycles. The highest BCUT2D eigenvalue weighted by Gasteiger charge is 2.21. The number of likely N-dealkylation sites (tertiary alicyclic amines) is 1. The summed E-state index contributed by atoms with van der Waals surface area (Å²) in [5, 5.41) is 9.52. The number of rotatable bonds is 6. The Labute approximate surface area is 150 Å². The van der Waals surface area contributed by atoms with Gasteiger partial charge in [0, 0.05) is 19.6 Å². The predicted octanol–water partition coefficient (Wildman–Crippen LogP) is 2.46. The lowest BCUT2D eigenvalue weighted by atomic mass is 9.96. The summed E-state index contributed by atoms with van der Waals surface area (Å²) in [5.74, 6) is 0.726. The van der Waals surface area contributed by atoms with Gasteiger partial charge in [0.2, 0.25) is 0 Å². The summed E-state index contributed by atoms with van der Waals surface area (Å²) in [5.41, 5.74) is 4.05. The number of aryl methyl sites for hydroxylation is 1. The summed E-state index contributed by atoms with van der Waals surface area (Å²) in [7, 11) is 2.18. The van der Waals surface area contributed by atoms with Gasteiger partial charge in [-0.2, -0.15) is 0 Å². The second-order valence-electron chi connectivity index (χ2n) is 7.53. The van der Waals surface area contributed by atoms with Crippen LogP contribution in [0.2, 0.25) is 0 Å². The molecule has 2 heterocycles. The number of piperidine rings is 1. The number of hydrogen-bond donors (Lipinski definition) is 1. The lowest BCUT2D eigenvalue weighted by Gasteiger charge is -2.34. The number of fused-ring (bicyclic) bond motifs is 1. The third-order valence-corrected chi connectivity index (χ3v) is 5.06. The summed E-state index contributed by atoms with van der Waals surface area (Å²) in [6.07, 6.45) is 2.19. The van der Waals surface area contributed by atoms with Gasteiger partial charge in [0.05, 0.1) is 28.5 Å². The van der Waals surface area contributed by atoms with Crippen LogP contribution in [0.3, 0.4) is 0 Å². The largest absolute Gasteiger partial charge is 0.392 e. The number of aliphatic hydroxyl groups is 1. The van der Waals surface area contributed by atoms with Crippen LogP contribution in [0.15, 0.2) is 24.3 Å². The van der Waals surface area contributed by atoms with Crippen LogP contribution in [0, 0.1) is 12.8 Å². The number of hydrogen-bond acceptors (Lipinski definition) is 5. The standard InChI is InChI=1S/C20H30N4O/c1-15(25)12-24-10-8-17(9-11-24)13-23(3)14-20-16(2)21-18-6-4-5-7-19(18)22-20/h4-7,15,17,25H,8-14H2,1-3H3/t15-/m0/s1. The molecule has 1 fully saturated rings. The smallest absolute Gasteiger partial charge is 0.0890 e. The summed E-state index contributed by atoms with van der Waals surface area (Å²) < 4.78 is 0. The maximum absolute atomic E-state index is 9.52. The molecular formula is C20H30N4O. The van der Waals surface area contributed by atoms with Crippen molar-refractivity contribution in [2.45, 2.75) is 39.3 Å². The van der Waals surface area contributed by atoms with Gasteiger partial charge in [0.1, 0.15) is 0 Å². The SMILES string of the molecule is Cc1nc2ccccc2nc1CN(C)CC1CCN(C[C@H](C)O)CC1. The van der Waals surface area contributed by atoms with E-state index < -0.39 is 0 Å². The molecule has 0 bridgehead atoms. The Morgan fingerprint density at radius 2 is 1.84 bits per heavy atom. The van der Waals surface area contributed by atoms with Gasteiger partial charge < -0.3 is 14.9 Å². The van der Waals surface area contributed by atoms with Crippen LogP contribution in [0.5, 0.6) is 0 Å². The van der Waals surface area contributed by atoms with Gasteiger partial charge in [-0.25, -0.2) is 9.97 Å². The molecule has 1 aromatic carbocycles. The van der Waals surface area contributed by atoms with Crippen molar-refractivity contribution in [1.29, 1.82) is 0 Å². The second-order valence-corrected chi connectivity index (χ2v) is 7.53. The van der Waals surface area contributed by atoms with Gasteiger partial charge in [0.25, 0.3) is 0 Å². The fourth-order valence-electron chi connectivity index (χ4n) is 3.76. The molecule has 3 rings (SSSR count). The van der Waals surface area contributed by atoms with Crippen molar-refractivity contribution in [1.82, 2.24) is 19.8 Å². The second kappa shape index (κ2) is 8.21. The average molecular weight is 342 g/mol. The van der Waals surface area contributed by atoms with Gasteiger partial charge in [-0.05, 0) is 64.9 Å². The van der Waals surface area contributed by atoms with Crippen molar-refractivity contribution in [3.63, 3.8) is 0 Å². The molecule has 1 atom stereocenters. The highest BCUT2D eigenvalue weighted by atomic mass is 16.3. The van der Waals surface area contributed by atoms with Crippen LogP contribution in [0.1, 0.15) is 31.2 Å². The minimum absolute atomic E-state index is 0.228. The van der Waals surface area contributed by atoms with E-state index in [9.17, 15) is 5.11 Å². The Morgan fingerprint density at radius 3 is 2.48 bits per heavy atom. The number of benzene rings is 1. The first kappa shape index (κ1) is 18.2. The molecule has 0 saturated carbocycles. The minimum Gasteiger partial charge on any atom is -0.392 e. The molecule has 1 aliphatic heterocycles. The van der Waals surface area contributed by atoms with E-state index >= 15 is 0 Å². The van der Waals surface area contributed by atoms with E-state index in [4.69, 9.17) is 9.97 Å². The zero-order valence-corrected chi connectivity index (χ0v) is 15.6. The Balaban J connectivity index is 1.55. The Morgan fingerprint density at radius 1 is 1.20 bits per heavy atom. The van der Waals surface area contributed by atoms with E-state index in [0.717, 1.165) is 61.1 Å². The van der Waals surface area contributed by atoms with E-state index in [1.165, 1.54) is 12.8 Å². The molecule has 1 N–H and O–H groups in total. The molecule has 136 valence electrons. The molecule has 0 spiro atoms. The molecular weight excluding hydrogens is 312 g/mol. The number of aromatic nitrogens is 2. The van der Waals surface area contributed by atoms with Gasteiger partial charge in [-0.1, -0.05) is 12.1 Å². The maximum Gasteiger partial charge on any atom is 0.0890 e. The molecule has 1 saturated heterocycles. The first-order chi connectivity index (χ1) is 12.0. The fraction of sp³-hybridized carbons (Fsp3) is 0.600. The van der Waals surface area contributed by atoms with E-state index in [1.54, 1.807) is 0 Å². The zero-order valence-electron chi connectivity index (χ0n) is 15.6. The molecule has 2 aromatic rings. The van der Waals surface area contributed by atoms with Crippen molar-refractivity contribution < 1.29 is 5.11 Å². The minimum atomic E-state index is -0.228. The van der Waals surface area contributed by atoms with Crippen molar-refractivity contribution in [2.24, 2.45) is 5.92 Å². The highest BCUT2D eigenvalue weighted by molar-refractivity contribution is 5.74. The van der Waals surface area contributed by atoms with Gasteiger partial charge in [0.15, 0.2) is 0 Å². The topological polar surface area (TPSA) is 52.5 Å². The van der Waals surface area contributed by atoms with Crippen molar-refractivity contribution >= 4 is 11.0 Å². The van der Waals surface area contributed by atoms with E-state index in [0.29, 0.717) is 0 Å². The number of para-hydroxylation sites is 2. The Hall–Kier alpha value is -1.56. The molecule has 5 nitrogen and oxygen atoms in total. The van der Waals surface area contributed by atoms with Crippen LogP contribution >= 0.6 is 0 Å². The lowest BCUT2D eigenvalue weighted by molar-refractivity contribution is 0.0918. The van der Waals surface area contributed by atoms with Crippen LogP contribution in [0.25, 0.3) is 11.0 Å². The van der Waals surface area contributed by atoms with E-state index in [-0.39, 0.29) is 6.10 Å². The lowest BCUT2D eigenvalue weighted by Crippen LogP contribution is -2.40. The normalized spacial score (nSPS) is 18.1. The summed E-state index contributed by atoms with van der Waals surface area (Å²) >= 11 is 0. The molecule has 1 aliphatic rings. The van der Waals surface area contributed by atoms with Gasteiger partial charge in [-0.15, -0.1) is 0 Å². The Bertz CT molecular complexity index is 695. The van der Waals surface area contributed by atoms with Crippen LogP contribution in [-0.2, 0) is 6.54 Å². The van der Waals surface area contributed by atoms with E-state index in [2.05, 4.69) is 23.8 Å². The number of β-amino-alcohol motifs (C(OH)–C–C–N with tert-alkyl or cyclic N) is 1. The predicted molar refractivity (Wildman–Crippen MR) is 101 cm³/mol. The first-order valence-electron chi connectivity index (χ1n) is 9.32. The zero-order chi connectivity index (χ0) is 17.8. The maximum atomic E-state index is 9.52. The summed E-state index contributed by atoms with van der Waals surface area (Å²) in [4.78, 5) is 14.3. The summed E-state index contributed by atoms with van der Waals surface area (Å²) in [6, 6.07) is 8.07. The molecule has 25 heavy (non-hydrogen) atoms. The highest BCUT2D eigenvalue weighted by Crippen LogP contribution is 2.20. The monoisotopic (exact) mass is 342 g/mol. The molecule has 0 unspecified atom stereocenters. The average Bonchev–Trinajstić information content (AvgIpc) is 2.57. The van der Waals surface area contributed by atoms with Gasteiger partial charge >= 0.3 is 0 Å². The van der Waals surface area contributed by atoms with Crippen LogP contribution in [0.4, 0.5) is 0 Å². The van der Waals surface area contributed by atoms with E-state index in [1.807, 2.05) is 31.2 Å². The molecule has 0 aliphatic carbocycles. The van der Waals surface area contributed by atoms with Crippen molar-refractivity contribution in [3.8, 4) is 0 Å². The molecule has 0 amide bonds. The number of nitrogens with zero attached hydrogens (tertiary/aromatic N) is 4. The van der Waals surface area contributed by atoms with Crippen molar-refractivity contribution in [3.05, 3.63) is 35.7 Å². The fourth-order valence-corrected chi connectivity index (χ4v) is 3.76. The van der Waals surface area contributed by atoms with Crippen LogP contribution < -0.4 is 0 Å². The van der Waals surface area contributed by atoms with Gasteiger partial charge in [-0.3, -0.25) is 0 Å². The first-order valence-corrected chi connectivity index (χ1v) is 9.32. The molecule has 5 heteroatoms. The van der Waals surface area contributed by atoms with Crippen LogP contribution in [-0.4, -0.2) is 64.2 Å². The molecule has 0 radical (unpaired) electrons. The van der Waals surface area contributed by atoms with Crippen molar-refractivity contribution in [2.75, 3.05) is 33.2 Å². The third-order valence-electron chi connectivity index (χ3n) is 5.06.